The standard InChI is InChI=1S/C20H21NO4/c1-3-24-14(2)25-18-17(15-10-6-4-7-11-15)21(20(18)23)19(22)16-12-8-5-9-13-16/h4-14,17-18H,3H2,1-2H3/t14-,17-,18+/m0/s1. The van der Waals surface area contributed by atoms with Crippen molar-refractivity contribution < 1.29 is 19.1 Å². The molecule has 1 heterocycles. The van der Waals surface area contributed by atoms with E-state index < -0.39 is 18.4 Å². The van der Waals surface area contributed by atoms with Crippen LogP contribution in [0.1, 0.15) is 35.8 Å². The number of carbonyl (C=O) groups is 2. The van der Waals surface area contributed by atoms with Crippen LogP contribution in [0, 0.1) is 0 Å². The molecule has 3 rings (SSSR count). The van der Waals surface area contributed by atoms with Crippen LogP contribution in [-0.2, 0) is 14.3 Å². The molecule has 3 atom stereocenters. The molecular formula is C20H21NO4. The van der Waals surface area contributed by atoms with Gasteiger partial charge in [-0.3, -0.25) is 14.5 Å². The summed E-state index contributed by atoms with van der Waals surface area (Å²) in [4.78, 5) is 26.7. The molecule has 2 aromatic carbocycles. The first-order chi connectivity index (χ1) is 12.1. The van der Waals surface area contributed by atoms with E-state index in [0.717, 1.165) is 5.56 Å². The lowest BCUT2D eigenvalue weighted by Gasteiger charge is -2.46. The Morgan fingerprint density at radius 2 is 1.68 bits per heavy atom. The molecule has 5 heteroatoms. The number of hydrogen-bond donors (Lipinski definition) is 0. The van der Waals surface area contributed by atoms with E-state index in [1.165, 1.54) is 4.90 Å². The van der Waals surface area contributed by atoms with Crippen molar-refractivity contribution in [1.29, 1.82) is 0 Å². The largest absolute Gasteiger partial charge is 0.353 e. The fraction of sp³-hybridized carbons (Fsp3) is 0.300. The van der Waals surface area contributed by atoms with Gasteiger partial charge in [0.25, 0.3) is 11.8 Å². The van der Waals surface area contributed by atoms with Gasteiger partial charge in [-0.25, -0.2) is 0 Å². The first-order valence-corrected chi connectivity index (χ1v) is 8.38. The van der Waals surface area contributed by atoms with Crippen LogP contribution in [0.25, 0.3) is 0 Å². The van der Waals surface area contributed by atoms with E-state index in [0.29, 0.717) is 12.2 Å². The number of nitrogens with zero attached hydrogens (tertiary/aromatic N) is 1. The van der Waals surface area contributed by atoms with Gasteiger partial charge in [0.15, 0.2) is 12.4 Å². The Morgan fingerprint density at radius 1 is 1.08 bits per heavy atom. The molecule has 130 valence electrons. The Labute approximate surface area is 147 Å². The van der Waals surface area contributed by atoms with Crippen molar-refractivity contribution in [3.8, 4) is 0 Å². The van der Waals surface area contributed by atoms with E-state index in [9.17, 15) is 9.59 Å². The fourth-order valence-corrected chi connectivity index (χ4v) is 3.00. The molecule has 1 aliphatic heterocycles. The maximum atomic E-state index is 12.8. The molecule has 25 heavy (non-hydrogen) atoms. The van der Waals surface area contributed by atoms with E-state index in [2.05, 4.69) is 0 Å². The summed E-state index contributed by atoms with van der Waals surface area (Å²) in [5, 5.41) is 0. The van der Waals surface area contributed by atoms with Gasteiger partial charge in [-0.05, 0) is 31.5 Å². The highest BCUT2D eigenvalue weighted by Crippen LogP contribution is 2.38. The maximum Gasteiger partial charge on any atom is 0.261 e. The molecule has 0 N–H and O–H groups in total. The Bertz CT molecular complexity index is 732. The third-order valence-corrected chi connectivity index (χ3v) is 4.17. The van der Waals surface area contributed by atoms with Crippen molar-refractivity contribution in [2.75, 3.05) is 6.61 Å². The third-order valence-electron chi connectivity index (χ3n) is 4.17. The summed E-state index contributed by atoms with van der Waals surface area (Å²) >= 11 is 0. The Balaban J connectivity index is 1.87. The van der Waals surface area contributed by atoms with Gasteiger partial charge in [-0.1, -0.05) is 48.5 Å². The molecule has 0 radical (unpaired) electrons. The molecule has 0 unspecified atom stereocenters. The number of hydrogen-bond acceptors (Lipinski definition) is 4. The molecular weight excluding hydrogens is 318 g/mol. The monoisotopic (exact) mass is 339 g/mol. The summed E-state index contributed by atoms with van der Waals surface area (Å²) < 4.78 is 11.1. The van der Waals surface area contributed by atoms with Crippen molar-refractivity contribution in [3.05, 3.63) is 71.8 Å². The average Bonchev–Trinajstić information content (AvgIpc) is 2.65. The van der Waals surface area contributed by atoms with E-state index in [-0.39, 0.29) is 11.8 Å². The number of amides is 2. The van der Waals surface area contributed by atoms with Crippen LogP contribution in [0.2, 0.25) is 0 Å². The normalized spacial score (nSPS) is 20.9. The summed E-state index contributed by atoms with van der Waals surface area (Å²) in [7, 11) is 0. The molecule has 0 aliphatic carbocycles. The average molecular weight is 339 g/mol. The van der Waals surface area contributed by atoms with E-state index in [1.54, 1.807) is 31.2 Å². The van der Waals surface area contributed by atoms with Gasteiger partial charge >= 0.3 is 0 Å². The molecule has 0 saturated carbocycles. The molecule has 2 aromatic rings. The van der Waals surface area contributed by atoms with E-state index in [1.807, 2.05) is 43.3 Å². The zero-order valence-electron chi connectivity index (χ0n) is 14.3. The fourth-order valence-electron chi connectivity index (χ4n) is 3.00. The second-order valence-corrected chi connectivity index (χ2v) is 5.81. The quantitative estimate of drug-likeness (QED) is 0.461. The van der Waals surface area contributed by atoms with Crippen LogP contribution in [0.4, 0.5) is 0 Å². The van der Waals surface area contributed by atoms with Gasteiger partial charge in [0.1, 0.15) is 6.04 Å². The number of ether oxygens (including phenoxy) is 2. The molecule has 2 amide bonds. The SMILES string of the molecule is CCO[C@H](C)O[C@H]1C(=O)N(C(=O)c2ccccc2)[C@H]1c1ccccc1. The number of likely N-dealkylation sites (tertiary alicyclic amines) is 1. The number of β-lactam (4-membered cyclic amide) rings is 1. The van der Waals surface area contributed by atoms with Crippen molar-refractivity contribution in [3.63, 3.8) is 0 Å². The van der Waals surface area contributed by atoms with Gasteiger partial charge in [0.05, 0.1) is 0 Å². The molecule has 0 aromatic heterocycles. The Hall–Kier alpha value is -2.50. The summed E-state index contributed by atoms with van der Waals surface area (Å²) in [6.07, 6.45) is -1.24. The smallest absolute Gasteiger partial charge is 0.261 e. The first-order valence-electron chi connectivity index (χ1n) is 8.38. The van der Waals surface area contributed by atoms with Crippen LogP contribution in [0.3, 0.4) is 0 Å². The second-order valence-electron chi connectivity index (χ2n) is 5.81. The van der Waals surface area contributed by atoms with Crippen LogP contribution >= 0.6 is 0 Å². The minimum absolute atomic E-state index is 0.316. The zero-order chi connectivity index (χ0) is 17.8. The molecule has 0 bridgehead atoms. The topological polar surface area (TPSA) is 55.8 Å². The number of rotatable bonds is 6. The van der Waals surface area contributed by atoms with Crippen molar-refractivity contribution in [2.45, 2.75) is 32.3 Å². The number of carbonyl (C=O) groups excluding carboxylic acids is 2. The lowest BCUT2D eigenvalue weighted by molar-refractivity contribution is -0.209. The minimum Gasteiger partial charge on any atom is -0.353 e. The Kier molecular flexibility index (Phi) is 5.26. The molecule has 0 spiro atoms. The Morgan fingerprint density at radius 3 is 2.28 bits per heavy atom. The highest BCUT2D eigenvalue weighted by atomic mass is 16.7. The first kappa shape index (κ1) is 17.3. The van der Waals surface area contributed by atoms with Gasteiger partial charge in [0, 0.05) is 12.2 Å². The predicted molar refractivity (Wildman–Crippen MR) is 92.8 cm³/mol. The molecule has 5 nitrogen and oxygen atoms in total. The van der Waals surface area contributed by atoms with Crippen LogP contribution in [0.15, 0.2) is 60.7 Å². The maximum absolute atomic E-state index is 12.8. The highest BCUT2D eigenvalue weighted by Gasteiger charge is 2.53. The van der Waals surface area contributed by atoms with Gasteiger partial charge in [-0.15, -0.1) is 0 Å². The second kappa shape index (κ2) is 7.59. The predicted octanol–water partition coefficient (Wildman–Crippen LogP) is 3.18. The van der Waals surface area contributed by atoms with Crippen molar-refractivity contribution in [1.82, 2.24) is 4.90 Å². The molecule has 1 saturated heterocycles. The molecule has 1 fully saturated rings. The lowest BCUT2D eigenvalue weighted by atomic mass is 9.89. The summed E-state index contributed by atoms with van der Waals surface area (Å²) in [6.45, 7) is 4.10. The van der Waals surface area contributed by atoms with Crippen LogP contribution in [0.5, 0.6) is 0 Å². The summed E-state index contributed by atoms with van der Waals surface area (Å²) in [6, 6.07) is 17.8. The minimum atomic E-state index is -0.725. The highest BCUT2D eigenvalue weighted by molar-refractivity contribution is 6.10. The van der Waals surface area contributed by atoms with Crippen molar-refractivity contribution >= 4 is 11.8 Å². The van der Waals surface area contributed by atoms with Crippen LogP contribution < -0.4 is 0 Å². The van der Waals surface area contributed by atoms with Crippen molar-refractivity contribution in [2.24, 2.45) is 0 Å². The number of imide groups is 1. The third kappa shape index (κ3) is 3.48. The number of benzene rings is 2. The van der Waals surface area contributed by atoms with Gasteiger partial charge in [-0.2, -0.15) is 0 Å². The van der Waals surface area contributed by atoms with Gasteiger partial charge in [0.2, 0.25) is 0 Å². The van der Waals surface area contributed by atoms with Gasteiger partial charge < -0.3 is 9.47 Å². The zero-order valence-corrected chi connectivity index (χ0v) is 14.3. The lowest BCUT2D eigenvalue weighted by Crippen LogP contribution is -2.62. The van der Waals surface area contributed by atoms with E-state index in [4.69, 9.17) is 9.47 Å². The summed E-state index contributed by atoms with van der Waals surface area (Å²) in [5.74, 6) is -0.655. The van der Waals surface area contributed by atoms with E-state index >= 15 is 0 Å². The molecule has 1 aliphatic rings. The van der Waals surface area contributed by atoms with Crippen LogP contribution in [-0.4, -0.2) is 35.7 Å². The summed E-state index contributed by atoms with van der Waals surface area (Å²) in [5.41, 5.74) is 1.34.